The van der Waals surface area contributed by atoms with Gasteiger partial charge >= 0.3 is 0 Å². The summed E-state index contributed by atoms with van der Waals surface area (Å²) in [4.78, 5) is 12.2. The fourth-order valence-electron chi connectivity index (χ4n) is 1.51. The van der Waals surface area contributed by atoms with E-state index >= 15 is 0 Å². The summed E-state index contributed by atoms with van der Waals surface area (Å²) in [7, 11) is 1.65. The maximum absolute atomic E-state index is 12.2. The van der Waals surface area contributed by atoms with Gasteiger partial charge in [-0.3, -0.25) is 9.48 Å². The number of nitriles is 1. The Morgan fingerprint density at radius 1 is 1.58 bits per heavy atom. The number of anilines is 1. The van der Waals surface area contributed by atoms with E-state index in [4.69, 9.17) is 16.9 Å². The Morgan fingerprint density at radius 2 is 2.32 bits per heavy atom. The summed E-state index contributed by atoms with van der Waals surface area (Å²) in [5, 5.41) is 16.0. The third-order valence-electron chi connectivity index (χ3n) is 2.46. The largest absolute Gasteiger partial charge is 0.306 e. The van der Waals surface area contributed by atoms with Crippen LogP contribution in [0.4, 0.5) is 5.82 Å². The molecule has 2 rings (SSSR count). The second-order valence-electron chi connectivity index (χ2n) is 3.72. The normalized spacial score (nSPS) is 10.0. The molecule has 96 valence electrons. The van der Waals surface area contributed by atoms with Crippen LogP contribution >= 0.6 is 34.2 Å². The van der Waals surface area contributed by atoms with Crippen molar-refractivity contribution in [2.24, 2.45) is 7.05 Å². The quantitative estimate of drug-likeness (QED) is 0.807. The van der Waals surface area contributed by atoms with Gasteiger partial charge in [-0.1, -0.05) is 11.6 Å². The third-order valence-corrected chi connectivity index (χ3v) is 3.64. The summed E-state index contributed by atoms with van der Waals surface area (Å²) >= 11 is 7.93. The molecular weight excluding hydrogens is 379 g/mol. The minimum absolute atomic E-state index is 0.313. The zero-order chi connectivity index (χ0) is 14.0. The van der Waals surface area contributed by atoms with Crippen molar-refractivity contribution in [2.45, 2.75) is 0 Å². The van der Waals surface area contributed by atoms with Gasteiger partial charge in [0, 0.05) is 15.6 Å². The highest BCUT2D eigenvalue weighted by atomic mass is 127. The first-order valence-electron chi connectivity index (χ1n) is 5.21. The first-order chi connectivity index (χ1) is 9.02. The van der Waals surface area contributed by atoms with Gasteiger partial charge in [-0.25, -0.2) is 0 Å². The second-order valence-corrected chi connectivity index (χ2v) is 5.32. The zero-order valence-corrected chi connectivity index (χ0v) is 12.7. The topological polar surface area (TPSA) is 70.7 Å². The molecule has 0 aliphatic carbocycles. The fourth-order valence-corrected chi connectivity index (χ4v) is 2.27. The number of rotatable bonds is 2. The Hall–Kier alpha value is -1.59. The maximum Gasteiger partial charge on any atom is 0.257 e. The van der Waals surface area contributed by atoms with Gasteiger partial charge in [-0.05, 0) is 40.8 Å². The molecule has 0 saturated heterocycles. The Bertz CT molecular complexity index is 690. The van der Waals surface area contributed by atoms with E-state index in [9.17, 15) is 4.79 Å². The summed E-state index contributed by atoms with van der Waals surface area (Å²) in [6.07, 6.45) is 1.40. The molecule has 0 fully saturated rings. The number of nitrogens with one attached hydrogen (secondary N) is 1. The molecule has 0 unspecified atom stereocenters. The van der Waals surface area contributed by atoms with Crippen molar-refractivity contribution < 1.29 is 4.79 Å². The number of benzene rings is 1. The zero-order valence-electron chi connectivity index (χ0n) is 9.82. The fraction of sp³-hybridized carbons (Fsp3) is 0.0833. The molecule has 1 aromatic heterocycles. The van der Waals surface area contributed by atoms with Crippen LogP contribution in [0.5, 0.6) is 0 Å². The monoisotopic (exact) mass is 386 g/mol. The first kappa shape index (κ1) is 13.8. The molecule has 0 spiro atoms. The summed E-state index contributed by atoms with van der Waals surface area (Å²) in [6, 6.07) is 7.03. The van der Waals surface area contributed by atoms with Gasteiger partial charge in [0.15, 0.2) is 0 Å². The van der Waals surface area contributed by atoms with Crippen LogP contribution in [0.15, 0.2) is 24.4 Å². The van der Waals surface area contributed by atoms with E-state index in [0.717, 1.165) is 3.57 Å². The molecule has 1 N–H and O–H groups in total. The lowest BCUT2D eigenvalue weighted by atomic mass is 10.2. The highest BCUT2D eigenvalue weighted by Gasteiger charge is 2.15. The van der Waals surface area contributed by atoms with Gasteiger partial charge in [-0.2, -0.15) is 10.4 Å². The Kier molecular flexibility index (Phi) is 4.07. The van der Waals surface area contributed by atoms with Gasteiger partial charge in [0.25, 0.3) is 5.91 Å². The average Bonchev–Trinajstić information content (AvgIpc) is 2.73. The minimum Gasteiger partial charge on any atom is -0.306 e. The molecule has 5 nitrogen and oxygen atoms in total. The van der Waals surface area contributed by atoms with Crippen LogP contribution < -0.4 is 5.32 Å². The van der Waals surface area contributed by atoms with E-state index in [1.54, 1.807) is 25.2 Å². The Morgan fingerprint density at radius 3 is 3.00 bits per heavy atom. The number of hydrogen-bond donors (Lipinski definition) is 1. The standard InChI is InChI=1S/C12H8ClIN4O/c1-18-11(7(5-15)6-16-18)17-12(19)9-4-8(13)2-3-10(9)14/h2-4,6H,1H3,(H,17,19). The van der Waals surface area contributed by atoms with E-state index in [-0.39, 0.29) is 5.91 Å². The van der Waals surface area contributed by atoms with Crippen LogP contribution in [0.3, 0.4) is 0 Å². The molecule has 2 aromatic rings. The molecular formula is C12H8ClIN4O. The Balaban J connectivity index is 2.34. The van der Waals surface area contributed by atoms with E-state index in [0.29, 0.717) is 22.0 Å². The molecule has 0 bridgehead atoms. The number of carbonyl (C=O) groups excluding carboxylic acids is 1. The lowest BCUT2D eigenvalue weighted by molar-refractivity contribution is 0.102. The number of halogens is 2. The molecule has 0 atom stereocenters. The summed E-state index contributed by atoms with van der Waals surface area (Å²) in [5.41, 5.74) is 0.770. The number of aromatic nitrogens is 2. The van der Waals surface area contributed by atoms with Gasteiger partial charge in [0.1, 0.15) is 17.5 Å². The highest BCUT2D eigenvalue weighted by molar-refractivity contribution is 14.1. The van der Waals surface area contributed by atoms with Crippen molar-refractivity contribution in [1.29, 1.82) is 5.26 Å². The molecule has 1 heterocycles. The van der Waals surface area contributed by atoms with Gasteiger partial charge in [0.05, 0.1) is 11.8 Å². The SMILES string of the molecule is Cn1ncc(C#N)c1NC(=O)c1cc(Cl)ccc1I. The van der Waals surface area contributed by atoms with Gasteiger partial charge in [0.2, 0.25) is 0 Å². The third kappa shape index (κ3) is 2.88. The van der Waals surface area contributed by atoms with Gasteiger partial charge < -0.3 is 5.32 Å². The van der Waals surface area contributed by atoms with Crippen LogP contribution in [0.25, 0.3) is 0 Å². The highest BCUT2D eigenvalue weighted by Crippen LogP contribution is 2.20. The van der Waals surface area contributed by atoms with Crippen LogP contribution in [0, 0.1) is 14.9 Å². The summed E-state index contributed by atoms with van der Waals surface area (Å²) < 4.78 is 2.22. The number of hydrogen-bond acceptors (Lipinski definition) is 3. The van der Waals surface area contributed by atoms with Crippen LogP contribution in [-0.4, -0.2) is 15.7 Å². The van der Waals surface area contributed by atoms with Crippen molar-refractivity contribution >= 4 is 45.9 Å². The summed E-state index contributed by atoms with van der Waals surface area (Å²) in [5.74, 6) is 0.0373. The van der Waals surface area contributed by atoms with Crippen LogP contribution in [0.2, 0.25) is 5.02 Å². The molecule has 1 amide bonds. The Labute approximate surface area is 128 Å². The lowest BCUT2D eigenvalue weighted by Crippen LogP contribution is -2.16. The molecule has 19 heavy (non-hydrogen) atoms. The van der Waals surface area contributed by atoms with E-state index in [1.807, 2.05) is 6.07 Å². The van der Waals surface area contributed by atoms with E-state index in [1.165, 1.54) is 10.9 Å². The molecule has 0 aliphatic rings. The van der Waals surface area contributed by atoms with Crippen molar-refractivity contribution in [3.8, 4) is 6.07 Å². The maximum atomic E-state index is 12.2. The predicted molar refractivity (Wildman–Crippen MR) is 80.0 cm³/mol. The van der Waals surface area contributed by atoms with Crippen molar-refractivity contribution in [3.05, 3.63) is 44.1 Å². The van der Waals surface area contributed by atoms with E-state index in [2.05, 4.69) is 33.0 Å². The number of aryl methyl sites for hydroxylation is 1. The summed E-state index contributed by atoms with van der Waals surface area (Å²) in [6.45, 7) is 0. The van der Waals surface area contributed by atoms with Crippen LogP contribution in [-0.2, 0) is 7.05 Å². The number of carbonyl (C=O) groups is 1. The predicted octanol–water partition coefficient (Wildman–Crippen LogP) is 2.80. The molecule has 0 saturated carbocycles. The van der Waals surface area contributed by atoms with Crippen LogP contribution in [0.1, 0.15) is 15.9 Å². The molecule has 0 radical (unpaired) electrons. The van der Waals surface area contributed by atoms with Gasteiger partial charge in [-0.15, -0.1) is 0 Å². The average molecular weight is 387 g/mol. The number of amides is 1. The van der Waals surface area contributed by atoms with Crippen molar-refractivity contribution in [2.75, 3.05) is 5.32 Å². The molecule has 0 aliphatic heterocycles. The number of nitrogens with zero attached hydrogens (tertiary/aromatic N) is 3. The molecule has 1 aromatic carbocycles. The van der Waals surface area contributed by atoms with Crippen molar-refractivity contribution in [3.63, 3.8) is 0 Å². The lowest BCUT2D eigenvalue weighted by Gasteiger charge is -2.08. The van der Waals surface area contributed by atoms with E-state index < -0.39 is 0 Å². The smallest absolute Gasteiger partial charge is 0.257 e. The van der Waals surface area contributed by atoms with Crippen molar-refractivity contribution in [1.82, 2.24) is 9.78 Å². The second kappa shape index (κ2) is 5.59. The molecule has 7 heteroatoms. The first-order valence-corrected chi connectivity index (χ1v) is 6.67. The minimum atomic E-state index is -0.327.